The first kappa shape index (κ1) is 13.0. The largest absolute Gasteiger partial charge is 0.369 e. The van der Waals surface area contributed by atoms with E-state index < -0.39 is 0 Å². The zero-order valence-electron chi connectivity index (χ0n) is 9.98. The molecule has 0 spiro atoms. The maximum absolute atomic E-state index is 11.9. The number of rotatable bonds is 3. The maximum atomic E-state index is 11.9. The van der Waals surface area contributed by atoms with Crippen molar-refractivity contribution in [2.45, 2.75) is 32.7 Å². The molecular formula is C11H21N3O2. The lowest BCUT2D eigenvalue weighted by molar-refractivity contribution is -0.138. The van der Waals surface area contributed by atoms with Crippen LogP contribution in [0.3, 0.4) is 0 Å². The van der Waals surface area contributed by atoms with Crippen LogP contribution < -0.4 is 11.5 Å². The topological polar surface area (TPSA) is 89.4 Å². The summed E-state index contributed by atoms with van der Waals surface area (Å²) in [6.07, 6.45) is 1.35. The van der Waals surface area contributed by atoms with Crippen molar-refractivity contribution < 1.29 is 9.59 Å². The van der Waals surface area contributed by atoms with E-state index in [9.17, 15) is 9.59 Å². The van der Waals surface area contributed by atoms with Crippen LogP contribution in [0.4, 0.5) is 0 Å². The average molecular weight is 227 g/mol. The van der Waals surface area contributed by atoms with Gasteiger partial charge in [-0.05, 0) is 19.8 Å². The second kappa shape index (κ2) is 5.30. The Hall–Kier alpha value is -1.10. The number of hydrogen-bond acceptors (Lipinski definition) is 3. The van der Waals surface area contributed by atoms with Gasteiger partial charge in [-0.25, -0.2) is 0 Å². The van der Waals surface area contributed by atoms with E-state index in [1.165, 1.54) is 0 Å². The van der Waals surface area contributed by atoms with Crippen LogP contribution in [0.2, 0.25) is 0 Å². The van der Waals surface area contributed by atoms with Crippen molar-refractivity contribution >= 4 is 11.8 Å². The van der Waals surface area contributed by atoms with Gasteiger partial charge in [-0.3, -0.25) is 9.59 Å². The maximum Gasteiger partial charge on any atom is 0.226 e. The summed E-state index contributed by atoms with van der Waals surface area (Å²) in [5, 5.41) is 0. The lowest BCUT2D eigenvalue weighted by atomic mass is 9.94. The third-order valence-electron chi connectivity index (χ3n) is 3.39. The summed E-state index contributed by atoms with van der Waals surface area (Å²) < 4.78 is 0. The van der Waals surface area contributed by atoms with Crippen LogP contribution in [0.1, 0.15) is 26.7 Å². The van der Waals surface area contributed by atoms with Gasteiger partial charge in [-0.1, -0.05) is 6.92 Å². The number of primary amides is 1. The van der Waals surface area contributed by atoms with Crippen LogP contribution in [0.15, 0.2) is 0 Å². The molecule has 1 saturated heterocycles. The third kappa shape index (κ3) is 2.95. The molecule has 2 atom stereocenters. The lowest BCUT2D eigenvalue weighted by Gasteiger charge is -2.33. The Morgan fingerprint density at radius 1 is 1.25 bits per heavy atom. The molecule has 0 aromatic heterocycles. The summed E-state index contributed by atoms with van der Waals surface area (Å²) in [5.41, 5.74) is 10.9. The highest BCUT2D eigenvalue weighted by Gasteiger charge is 2.29. The normalized spacial score (nSPS) is 21.6. The summed E-state index contributed by atoms with van der Waals surface area (Å²) in [5.74, 6) is -0.412. The molecule has 1 rings (SSSR count). The van der Waals surface area contributed by atoms with Crippen molar-refractivity contribution in [1.82, 2.24) is 4.90 Å². The van der Waals surface area contributed by atoms with E-state index in [-0.39, 0.29) is 29.7 Å². The SMILES string of the molecule is CC(N)C(C)C(=O)N1CCC(C(N)=O)CC1. The van der Waals surface area contributed by atoms with E-state index in [0.29, 0.717) is 25.9 Å². The summed E-state index contributed by atoms with van der Waals surface area (Å²) >= 11 is 0. The second-order valence-corrected chi connectivity index (χ2v) is 4.65. The first-order valence-corrected chi connectivity index (χ1v) is 5.77. The number of nitrogens with zero attached hydrogens (tertiary/aromatic N) is 1. The molecule has 1 heterocycles. The van der Waals surface area contributed by atoms with Gasteiger partial charge in [-0.2, -0.15) is 0 Å². The number of piperidine rings is 1. The molecule has 1 aliphatic heterocycles. The molecule has 5 nitrogen and oxygen atoms in total. The Labute approximate surface area is 96.1 Å². The summed E-state index contributed by atoms with van der Waals surface area (Å²) in [6.45, 7) is 4.90. The molecule has 2 unspecified atom stereocenters. The zero-order valence-corrected chi connectivity index (χ0v) is 9.98. The van der Waals surface area contributed by atoms with Crippen LogP contribution in [-0.4, -0.2) is 35.8 Å². The third-order valence-corrected chi connectivity index (χ3v) is 3.39. The van der Waals surface area contributed by atoms with E-state index in [1.807, 2.05) is 13.8 Å². The number of nitrogens with two attached hydrogens (primary N) is 2. The monoisotopic (exact) mass is 227 g/mol. The van der Waals surface area contributed by atoms with Gasteiger partial charge < -0.3 is 16.4 Å². The van der Waals surface area contributed by atoms with Gasteiger partial charge in [0.1, 0.15) is 0 Å². The van der Waals surface area contributed by atoms with Crippen molar-refractivity contribution in [3.8, 4) is 0 Å². The van der Waals surface area contributed by atoms with Gasteiger partial charge in [0.2, 0.25) is 11.8 Å². The number of amides is 2. The van der Waals surface area contributed by atoms with Crippen LogP contribution >= 0.6 is 0 Å². The van der Waals surface area contributed by atoms with E-state index in [1.54, 1.807) is 4.90 Å². The average Bonchev–Trinajstić information content (AvgIpc) is 2.27. The second-order valence-electron chi connectivity index (χ2n) is 4.65. The minimum Gasteiger partial charge on any atom is -0.369 e. The molecule has 0 aromatic rings. The minimum atomic E-state index is -0.257. The predicted octanol–water partition coefficient (Wildman–Crippen LogP) is -0.306. The Morgan fingerprint density at radius 3 is 2.12 bits per heavy atom. The van der Waals surface area contributed by atoms with E-state index in [0.717, 1.165) is 0 Å². The molecule has 0 aromatic carbocycles. The molecule has 0 aliphatic carbocycles. The van der Waals surface area contributed by atoms with E-state index in [4.69, 9.17) is 11.5 Å². The molecule has 1 fully saturated rings. The van der Waals surface area contributed by atoms with Gasteiger partial charge in [0.25, 0.3) is 0 Å². The van der Waals surface area contributed by atoms with Crippen molar-refractivity contribution in [2.75, 3.05) is 13.1 Å². The standard InChI is InChI=1S/C11H21N3O2/c1-7(8(2)12)11(16)14-5-3-9(4-6-14)10(13)15/h7-9H,3-6,12H2,1-2H3,(H2,13,15). The van der Waals surface area contributed by atoms with Crippen molar-refractivity contribution in [3.05, 3.63) is 0 Å². The van der Waals surface area contributed by atoms with Crippen LogP contribution in [-0.2, 0) is 9.59 Å². The summed E-state index contributed by atoms with van der Waals surface area (Å²) in [6, 6.07) is -0.138. The number of likely N-dealkylation sites (tertiary alicyclic amines) is 1. The van der Waals surface area contributed by atoms with Gasteiger partial charge in [0, 0.05) is 25.0 Å². The molecule has 0 saturated carbocycles. The van der Waals surface area contributed by atoms with Crippen molar-refractivity contribution in [2.24, 2.45) is 23.3 Å². The number of carbonyl (C=O) groups excluding carboxylic acids is 2. The molecule has 0 radical (unpaired) electrons. The first-order valence-electron chi connectivity index (χ1n) is 5.77. The quantitative estimate of drug-likeness (QED) is 0.693. The highest BCUT2D eigenvalue weighted by molar-refractivity contribution is 5.80. The lowest BCUT2D eigenvalue weighted by Crippen LogP contribution is -2.46. The summed E-state index contributed by atoms with van der Waals surface area (Å²) in [4.78, 5) is 24.7. The number of carbonyl (C=O) groups is 2. The molecule has 4 N–H and O–H groups in total. The van der Waals surface area contributed by atoms with Crippen molar-refractivity contribution in [3.63, 3.8) is 0 Å². The zero-order chi connectivity index (χ0) is 12.3. The fourth-order valence-electron chi connectivity index (χ4n) is 1.90. The molecular weight excluding hydrogens is 206 g/mol. The molecule has 2 amide bonds. The Morgan fingerprint density at radius 2 is 1.75 bits per heavy atom. The molecule has 0 bridgehead atoms. The van der Waals surface area contributed by atoms with E-state index in [2.05, 4.69) is 0 Å². The Bertz CT molecular complexity index is 270. The summed E-state index contributed by atoms with van der Waals surface area (Å²) in [7, 11) is 0. The van der Waals surface area contributed by atoms with Gasteiger partial charge in [0.05, 0.1) is 5.92 Å². The fraction of sp³-hybridized carbons (Fsp3) is 0.818. The minimum absolute atomic E-state index is 0.0744. The highest BCUT2D eigenvalue weighted by atomic mass is 16.2. The smallest absolute Gasteiger partial charge is 0.226 e. The van der Waals surface area contributed by atoms with Gasteiger partial charge >= 0.3 is 0 Å². The fourth-order valence-corrected chi connectivity index (χ4v) is 1.90. The Balaban J connectivity index is 2.47. The van der Waals surface area contributed by atoms with Crippen LogP contribution in [0, 0.1) is 11.8 Å². The van der Waals surface area contributed by atoms with Crippen molar-refractivity contribution in [1.29, 1.82) is 0 Å². The van der Waals surface area contributed by atoms with Crippen LogP contribution in [0.25, 0.3) is 0 Å². The molecule has 16 heavy (non-hydrogen) atoms. The van der Waals surface area contributed by atoms with E-state index >= 15 is 0 Å². The van der Waals surface area contributed by atoms with Gasteiger partial charge in [0.15, 0.2) is 0 Å². The highest BCUT2D eigenvalue weighted by Crippen LogP contribution is 2.18. The molecule has 92 valence electrons. The molecule has 1 aliphatic rings. The predicted molar refractivity (Wildman–Crippen MR) is 61.3 cm³/mol. The van der Waals surface area contributed by atoms with Crippen LogP contribution in [0.5, 0.6) is 0 Å². The number of hydrogen-bond donors (Lipinski definition) is 2. The molecule has 5 heteroatoms. The van der Waals surface area contributed by atoms with Gasteiger partial charge in [-0.15, -0.1) is 0 Å². The first-order chi connectivity index (χ1) is 7.43. The Kier molecular flexibility index (Phi) is 4.29.